The molecule has 0 fully saturated rings. The van der Waals surface area contributed by atoms with Crippen LogP contribution in [0.2, 0.25) is 0 Å². The summed E-state index contributed by atoms with van der Waals surface area (Å²) in [7, 11) is 0. The van der Waals surface area contributed by atoms with Gasteiger partial charge in [0.15, 0.2) is 0 Å². The van der Waals surface area contributed by atoms with Crippen molar-refractivity contribution in [2.24, 2.45) is 5.10 Å². The fourth-order valence-electron chi connectivity index (χ4n) is 2.93. The first-order valence-electron chi connectivity index (χ1n) is 10.8. The van der Waals surface area contributed by atoms with Gasteiger partial charge < -0.3 is 10.1 Å². The van der Waals surface area contributed by atoms with E-state index in [1.165, 1.54) is 30.5 Å². The van der Waals surface area contributed by atoms with Gasteiger partial charge in [-0.3, -0.25) is 19.7 Å². The Morgan fingerprint density at radius 2 is 1.74 bits per heavy atom. The molecule has 2 amide bonds. The molecule has 0 aromatic heterocycles. The zero-order chi connectivity index (χ0) is 25.0. The number of carbonyl (C=O) groups excluding carboxylic acids is 2. The lowest BCUT2D eigenvalue weighted by molar-refractivity contribution is -0.384. The van der Waals surface area contributed by atoms with Crippen molar-refractivity contribution in [1.29, 1.82) is 0 Å². The lowest BCUT2D eigenvalue weighted by Gasteiger charge is -2.10. The third-order valence-electron chi connectivity index (χ3n) is 4.65. The number of rotatable bonds is 10. The number of ether oxygens (including phenoxy) is 1. The zero-order valence-corrected chi connectivity index (χ0v) is 19.0. The number of benzene rings is 3. The van der Waals surface area contributed by atoms with Gasteiger partial charge in [-0.05, 0) is 42.3 Å². The summed E-state index contributed by atoms with van der Waals surface area (Å²) < 4.78 is 5.57. The smallest absolute Gasteiger partial charge is 0.287 e. The van der Waals surface area contributed by atoms with Gasteiger partial charge in [0.05, 0.1) is 17.7 Å². The molecule has 0 saturated heterocycles. The number of hydrogen-bond acceptors (Lipinski definition) is 6. The lowest BCUT2D eigenvalue weighted by atomic mass is 10.1. The summed E-state index contributed by atoms with van der Waals surface area (Å²) in [5.74, 6) is -0.426. The van der Waals surface area contributed by atoms with Gasteiger partial charge in [0, 0.05) is 23.3 Å². The summed E-state index contributed by atoms with van der Waals surface area (Å²) >= 11 is 0. The molecule has 0 unspecified atom stereocenters. The van der Waals surface area contributed by atoms with Crippen molar-refractivity contribution in [2.45, 2.75) is 13.3 Å². The maximum atomic E-state index is 12.8. The van der Waals surface area contributed by atoms with Crippen molar-refractivity contribution in [3.05, 3.63) is 111 Å². The number of nitro groups is 1. The fraction of sp³-hybridized carbons (Fsp3) is 0.115. The Morgan fingerprint density at radius 1 is 1.00 bits per heavy atom. The third-order valence-corrected chi connectivity index (χ3v) is 4.65. The Bertz CT molecular complexity index is 1240. The molecule has 9 nitrogen and oxygen atoms in total. The first-order chi connectivity index (χ1) is 17.0. The van der Waals surface area contributed by atoms with Crippen molar-refractivity contribution >= 4 is 29.8 Å². The van der Waals surface area contributed by atoms with Crippen molar-refractivity contribution in [3.63, 3.8) is 0 Å². The predicted octanol–water partition coefficient (Wildman–Crippen LogP) is 4.30. The molecule has 3 aromatic rings. The molecule has 0 bridgehead atoms. The first kappa shape index (κ1) is 24.8. The van der Waals surface area contributed by atoms with Gasteiger partial charge in [-0.2, -0.15) is 5.10 Å². The normalized spacial score (nSPS) is 11.2. The number of nitrogens with zero attached hydrogens (tertiary/aromatic N) is 2. The van der Waals surface area contributed by atoms with Crippen LogP contribution in [0.25, 0.3) is 6.08 Å². The van der Waals surface area contributed by atoms with Crippen molar-refractivity contribution in [1.82, 2.24) is 10.7 Å². The highest BCUT2D eigenvalue weighted by Crippen LogP contribution is 2.15. The molecule has 3 aromatic carbocycles. The Morgan fingerprint density at radius 3 is 2.43 bits per heavy atom. The van der Waals surface area contributed by atoms with Gasteiger partial charge in [0.2, 0.25) is 0 Å². The first-order valence-corrected chi connectivity index (χ1v) is 10.8. The van der Waals surface area contributed by atoms with Gasteiger partial charge in [-0.15, -0.1) is 0 Å². The van der Waals surface area contributed by atoms with Crippen LogP contribution in [0, 0.1) is 10.1 Å². The number of amides is 2. The van der Waals surface area contributed by atoms with Crippen LogP contribution in [-0.2, 0) is 4.79 Å². The van der Waals surface area contributed by atoms with E-state index in [4.69, 9.17) is 4.74 Å². The average molecular weight is 473 g/mol. The Hall–Kier alpha value is -4.79. The van der Waals surface area contributed by atoms with Gasteiger partial charge in [0.25, 0.3) is 17.5 Å². The SMILES string of the molecule is CCCOc1ccc(/C=C(\NC(=O)c2ccccc2)C(=O)NN=Cc2cccc([N+](=O)[O-])c2)cc1. The highest BCUT2D eigenvalue weighted by atomic mass is 16.6. The Kier molecular flexibility index (Phi) is 8.84. The number of nitrogens with one attached hydrogen (secondary N) is 2. The number of carbonyl (C=O) groups is 2. The highest BCUT2D eigenvalue weighted by molar-refractivity contribution is 6.05. The minimum atomic E-state index is -0.665. The van der Waals surface area contributed by atoms with E-state index in [9.17, 15) is 19.7 Å². The third kappa shape index (κ3) is 7.64. The molecule has 0 aliphatic rings. The molecule has 0 saturated carbocycles. The molecule has 0 aliphatic heterocycles. The summed E-state index contributed by atoms with van der Waals surface area (Å²) in [6.07, 6.45) is 3.68. The molecule has 0 atom stereocenters. The van der Waals surface area contributed by atoms with E-state index in [2.05, 4.69) is 15.8 Å². The van der Waals surface area contributed by atoms with Crippen LogP contribution in [0.5, 0.6) is 5.75 Å². The predicted molar refractivity (Wildman–Crippen MR) is 133 cm³/mol. The van der Waals surface area contributed by atoms with E-state index in [0.29, 0.717) is 29.0 Å². The molecule has 0 aliphatic carbocycles. The molecule has 0 radical (unpaired) electrons. The molecule has 3 rings (SSSR count). The van der Waals surface area contributed by atoms with Gasteiger partial charge >= 0.3 is 0 Å². The maximum absolute atomic E-state index is 12.8. The Balaban J connectivity index is 1.79. The molecular weight excluding hydrogens is 448 g/mol. The summed E-state index contributed by atoms with van der Waals surface area (Å²) in [5, 5.41) is 17.4. The van der Waals surface area contributed by atoms with Crippen LogP contribution < -0.4 is 15.5 Å². The monoisotopic (exact) mass is 472 g/mol. The van der Waals surface area contributed by atoms with Gasteiger partial charge in [0.1, 0.15) is 11.4 Å². The van der Waals surface area contributed by atoms with E-state index in [1.807, 2.05) is 6.92 Å². The minimum Gasteiger partial charge on any atom is -0.494 e. The van der Waals surface area contributed by atoms with Crippen molar-refractivity contribution < 1.29 is 19.2 Å². The number of nitro benzene ring substituents is 1. The van der Waals surface area contributed by atoms with Gasteiger partial charge in [-0.1, -0.05) is 49.4 Å². The second kappa shape index (κ2) is 12.4. The summed E-state index contributed by atoms with van der Waals surface area (Å²) in [4.78, 5) is 35.9. The summed E-state index contributed by atoms with van der Waals surface area (Å²) in [6, 6.07) is 21.4. The van der Waals surface area contributed by atoms with Crippen LogP contribution in [0.15, 0.2) is 89.7 Å². The van der Waals surface area contributed by atoms with Crippen LogP contribution in [0.4, 0.5) is 5.69 Å². The molecule has 2 N–H and O–H groups in total. The van der Waals surface area contributed by atoms with Gasteiger partial charge in [-0.25, -0.2) is 5.43 Å². The summed E-state index contributed by atoms with van der Waals surface area (Å²) in [5.41, 5.74) is 3.70. The fourth-order valence-corrected chi connectivity index (χ4v) is 2.93. The van der Waals surface area contributed by atoms with E-state index in [1.54, 1.807) is 60.7 Å². The van der Waals surface area contributed by atoms with Crippen molar-refractivity contribution in [2.75, 3.05) is 6.61 Å². The van der Waals surface area contributed by atoms with E-state index >= 15 is 0 Å². The molecule has 9 heteroatoms. The molecule has 0 heterocycles. The van der Waals surface area contributed by atoms with Crippen LogP contribution >= 0.6 is 0 Å². The van der Waals surface area contributed by atoms with Crippen LogP contribution in [-0.4, -0.2) is 29.6 Å². The number of hydrogen-bond donors (Lipinski definition) is 2. The highest BCUT2D eigenvalue weighted by Gasteiger charge is 2.14. The molecule has 0 spiro atoms. The average Bonchev–Trinajstić information content (AvgIpc) is 2.88. The van der Waals surface area contributed by atoms with Crippen LogP contribution in [0.3, 0.4) is 0 Å². The largest absolute Gasteiger partial charge is 0.494 e. The van der Waals surface area contributed by atoms with Crippen LogP contribution in [0.1, 0.15) is 34.8 Å². The van der Waals surface area contributed by atoms with Crippen molar-refractivity contribution in [3.8, 4) is 5.75 Å². The topological polar surface area (TPSA) is 123 Å². The minimum absolute atomic E-state index is 0.0303. The second-order valence-electron chi connectivity index (χ2n) is 7.35. The second-order valence-corrected chi connectivity index (χ2v) is 7.35. The number of non-ortho nitro benzene ring substituents is 1. The maximum Gasteiger partial charge on any atom is 0.287 e. The molecule has 178 valence electrons. The quantitative estimate of drug-likeness (QED) is 0.197. The number of hydrazone groups is 1. The Labute approximate surface area is 202 Å². The lowest BCUT2D eigenvalue weighted by Crippen LogP contribution is -2.32. The van der Waals surface area contributed by atoms with E-state index in [0.717, 1.165) is 6.42 Å². The van der Waals surface area contributed by atoms with E-state index < -0.39 is 16.7 Å². The van der Waals surface area contributed by atoms with E-state index in [-0.39, 0.29) is 11.4 Å². The molecule has 35 heavy (non-hydrogen) atoms. The standard InChI is InChI=1S/C26H24N4O5/c1-2-15-35-23-13-11-19(12-14-23)17-24(28-25(31)21-8-4-3-5-9-21)26(32)29-27-18-20-7-6-10-22(16-20)30(33)34/h3-14,16-18H,2,15H2,1H3,(H,28,31)(H,29,32)/b24-17-,27-18?. The summed E-state index contributed by atoms with van der Waals surface area (Å²) in [6.45, 7) is 2.61. The zero-order valence-electron chi connectivity index (χ0n) is 19.0. The molecular formula is C26H24N4O5.